The van der Waals surface area contributed by atoms with Crippen LogP contribution in [-0.4, -0.2) is 0 Å². The molecule has 0 amide bonds. The Balaban J connectivity index is 2.32. The minimum absolute atomic E-state index is 0.0308. The molecule has 2 N–H and O–H groups in total. The molecule has 0 aliphatic rings. The molecule has 2 aromatic carbocycles. The van der Waals surface area contributed by atoms with Gasteiger partial charge in [-0.05, 0) is 52.7 Å². The Morgan fingerprint density at radius 3 is 2.58 bits per heavy atom. The van der Waals surface area contributed by atoms with Gasteiger partial charge in [0, 0.05) is 6.04 Å². The van der Waals surface area contributed by atoms with Crippen LogP contribution in [0.1, 0.15) is 24.1 Å². The van der Waals surface area contributed by atoms with Crippen molar-refractivity contribution in [3.63, 3.8) is 0 Å². The summed E-state index contributed by atoms with van der Waals surface area (Å²) in [6.45, 7) is 1.92. The Morgan fingerprint density at radius 2 is 1.95 bits per heavy atom. The first-order chi connectivity index (χ1) is 9.11. The molecule has 0 fully saturated rings. The number of benzene rings is 2. The van der Waals surface area contributed by atoms with E-state index in [0.29, 0.717) is 17.1 Å². The zero-order valence-corrected chi connectivity index (χ0v) is 12.0. The third-order valence-electron chi connectivity index (χ3n) is 2.71. The molecule has 0 spiro atoms. The van der Waals surface area contributed by atoms with Crippen molar-refractivity contribution in [1.82, 2.24) is 0 Å². The third kappa shape index (κ3) is 3.14. The fourth-order valence-electron chi connectivity index (χ4n) is 1.65. The maximum Gasteiger partial charge on any atom is 0.145 e. The van der Waals surface area contributed by atoms with Crippen LogP contribution in [0.4, 0.5) is 0 Å². The summed E-state index contributed by atoms with van der Waals surface area (Å²) in [6.07, 6.45) is 0. The largest absolute Gasteiger partial charge is 0.455 e. The standard InChI is InChI=1S/C15H13BrN2O/c1-10(18)11-6-7-15(13(16)8-11)19-14-5-3-2-4-12(14)9-17/h2-8,10H,18H2,1H3/t10-/m1/s1. The van der Waals surface area contributed by atoms with E-state index in [9.17, 15) is 0 Å². The van der Waals surface area contributed by atoms with Crippen molar-refractivity contribution in [3.8, 4) is 17.6 Å². The Bertz CT molecular complexity index is 632. The van der Waals surface area contributed by atoms with Gasteiger partial charge in [-0.2, -0.15) is 5.26 Å². The van der Waals surface area contributed by atoms with E-state index in [1.807, 2.05) is 31.2 Å². The molecule has 3 nitrogen and oxygen atoms in total. The van der Waals surface area contributed by atoms with E-state index in [-0.39, 0.29) is 6.04 Å². The molecule has 0 aliphatic carbocycles. The molecule has 2 aromatic rings. The Hall–Kier alpha value is -1.83. The molecule has 0 saturated heterocycles. The zero-order chi connectivity index (χ0) is 13.8. The van der Waals surface area contributed by atoms with Gasteiger partial charge in [0.2, 0.25) is 0 Å². The lowest BCUT2D eigenvalue weighted by molar-refractivity contribution is 0.477. The van der Waals surface area contributed by atoms with Gasteiger partial charge >= 0.3 is 0 Å². The van der Waals surface area contributed by atoms with Crippen LogP contribution in [0.15, 0.2) is 46.9 Å². The van der Waals surface area contributed by atoms with E-state index >= 15 is 0 Å². The molecule has 4 heteroatoms. The molecule has 0 unspecified atom stereocenters. The Morgan fingerprint density at radius 1 is 1.21 bits per heavy atom. The smallest absolute Gasteiger partial charge is 0.145 e. The van der Waals surface area contributed by atoms with Gasteiger partial charge in [0.25, 0.3) is 0 Å². The molecule has 0 saturated carbocycles. The van der Waals surface area contributed by atoms with Crippen LogP contribution < -0.4 is 10.5 Å². The quantitative estimate of drug-likeness (QED) is 0.926. The summed E-state index contributed by atoms with van der Waals surface area (Å²) in [7, 11) is 0. The summed E-state index contributed by atoms with van der Waals surface area (Å²) in [5.41, 5.74) is 7.35. The van der Waals surface area contributed by atoms with Crippen molar-refractivity contribution in [2.75, 3.05) is 0 Å². The molecule has 0 aromatic heterocycles. The molecular weight excluding hydrogens is 304 g/mol. The van der Waals surface area contributed by atoms with Gasteiger partial charge < -0.3 is 10.5 Å². The normalized spacial score (nSPS) is 11.7. The maximum atomic E-state index is 9.02. The molecule has 96 valence electrons. The van der Waals surface area contributed by atoms with Crippen LogP contribution in [-0.2, 0) is 0 Å². The zero-order valence-electron chi connectivity index (χ0n) is 10.4. The molecule has 0 radical (unpaired) electrons. The maximum absolute atomic E-state index is 9.02. The number of rotatable bonds is 3. The van der Waals surface area contributed by atoms with Crippen molar-refractivity contribution in [2.24, 2.45) is 5.73 Å². The lowest BCUT2D eigenvalue weighted by Crippen LogP contribution is -2.04. The minimum atomic E-state index is -0.0308. The number of hydrogen-bond acceptors (Lipinski definition) is 3. The Labute approximate surface area is 120 Å². The highest BCUT2D eigenvalue weighted by atomic mass is 79.9. The van der Waals surface area contributed by atoms with E-state index in [0.717, 1.165) is 10.0 Å². The van der Waals surface area contributed by atoms with Crippen LogP contribution in [0, 0.1) is 11.3 Å². The SMILES string of the molecule is C[C@@H](N)c1ccc(Oc2ccccc2C#N)c(Br)c1. The summed E-state index contributed by atoms with van der Waals surface area (Å²) in [5.74, 6) is 1.20. The van der Waals surface area contributed by atoms with Crippen molar-refractivity contribution < 1.29 is 4.74 Å². The van der Waals surface area contributed by atoms with Gasteiger partial charge in [0.15, 0.2) is 0 Å². The van der Waals surface area contributed by atoms with Gasteiger partial charge in [-0.3, -0.25) is 0 Å². The molecule has 1 atom stereocenters. The summed E-state index contributed by atoms with van der Waals surface area (Å²) in [6, 6.07) is 14.9. The first kappa shape index (κ1) is 13.6. The highest BCUT2D eigenvalue weighted by Crippen LogP contribution is 2.32. The van der Waals surface area contributed by atoms with Crippen LogP contribution >= 0.6 is 15.9 Å². The van der Waals surface area contributed by atoms with Crippen molar-refractivity contribution >= 4 is 15.9 Å². The second-order valence-electron chi connectivity index (χ2n) is 4.19. The Kier molecular flexibility index (Phi) is 4.20. The predicted molar refractivity (Wildman–Crippen MR) is 78.0 cm³/mol. The molecule has 2 rings (SSSR count). The topological polar surface area (TPSA) is 59.0 Å². The van der Waals surface area contributed by atoms with Gasteiger partial charge in [-0.1, -0.05) is 18.2 Å². The monoisotopic (exact) mass is 316 g/mol. The first-order valence-electron chi connectivity index (χ1n) is 5.84. The second-order valence-corrected chi connectivity index (χ2v) is 5.04. The average molecular weight is 317 g/mol. The van der Waals surface area contributed by atoms with Crippen molar-refractivity contribution in [2.45, 2.75) is 13.0 Å². The predicted octanol–water partition coefficient (Wildman–Crippen LogP) is 4.13. The summed E-state index contributed by atoms with van der Waals surface area (Å²) >= 11 is 3.46. The number of para-hydroxylation sites is 1. The highest BCUT2D eigenvalue weighted by Gasteiger charge is 2.08. The van der Waals surface area contributed by atoms with Gasteiger partial charge in [-0.15, -0.1) is 0 Å². The molecule has 19 heavy (non-hydrogen) atoms. The summed E-state index contributed by atoms with van der Waals surface area (Å²) < 4.78 is 6.57. The first-order valence-corrected chi connectivity index (χ1v) is 6.63. The summed E-state index contributed by atoms with van der Waals surface area (Å²) in [5, 5.41) is 9.02. The van der Waals surface area contributed by atoms with Crippen LogP contribution in [0.2, 0.25) is 0 Å². The van der Waals surface area contributed by atoms with Crippen molar-refractivity contribution in [3.05, 3.63) is 58.1 Å². The number of nitriles is 1. The fraction of sp³-hybridized carbons (Fsp3) is 0.133. The van der Waals surface area contributed by atoms with Crippen LogP contribution in [0.5, 0.6) is 11.5 Å². The van der Waals surface area contributed by atoms with E-state index in [1.54, 1.807) is 18.2 Å². The molecule has 0 aliphatic heterocycles. The number of nitrogens with two attached hydrogens (primary N) is 1. The van der Waals surface area contributed by atoms with Gasteiger partial charge in [-0.25, -0.2) is 0 Å². The molecule has 0 heterocycles. The van der Waals surface area contributed by atoms with E-state index < -0.39 is 0 Å². The van der Waals surface area contributed by atoms with Crippen LogP contribution in [0.3, 0.4) is 0 Å². The van der Waals surface area contributed by atoms with E-state index in [4.69, 9.17) is 15.7 Å². The van der Waals surface area contributed by atoms with Crippen molar-refractivity contribution in [1.29, 1.82) is 5.26 Å². The number of ether oxygens (including phenoxy) is 1. The van der Waals surface area contributed by atoms with E-state index in [1.165, 1.54) is 0 Å². The molecule has 0 bridgehead atoms. The third-order valence-corrected chi connectivity index (χ3v) is 3.33. The highest BCUT2D eigenvalue weighted by molar-refractivity contribution is 9.10. The number of halogens is 1. The van der Waals surface area contributed by atoms with Gasteiger partial charge in [0.1, 0.15) is 17.6 Å². The van der Waals surface area contributed by atoms with Gasteiger partial charge in [0.05, 0.1) is 10.0 Å². The lowest BCUT2D eigenvalue weighted by Gasteiger charge is -2.11. The second kappa shape index (κ2) is 5.87. The number of nitrogens with zero attached hydrogens (tertiary/aromatic N) is 1. The lowest BCUT2D eigenvalue weighted by atomic mass is 10.1. The summed E-state index contributed by atoms with van der Waals surface area (Å²) in [4.78, 5) is 0. The van der Waals surface area contributed by atoms with E-state index in [2.05, 4.69) is 22.0 Å². The minimum Gasteiger partial charge on any atom is -0.455 e. The fourth-order valence-corrected chi connectivity index (χ4v) is 2.13. The number of hydrogen-bond donors (Lipinski definition) is 1. The molecular formula is C15H13BrN2O. The van der Waals surface area contributed by atoms with Crippen LogP contribution in [0.25, 0.3) is 0 Å². The average Bonchev–Trinajstić information content (AvgIpc) is 2.41.